The van der Waals surface area contributed by atoms with Gasteiger partial charge in [0, 0.05) is 0 Å². The van der Waals surface area contributed by atoms with E-state index in [1.54, 1.807) is 11.1 Å². The lowest BCUT2D eigenvalue weighted by Crippen LogP contribution is -2.13. The zero-order valence-corrected chi connectivity index (χ0v) is 15.9. The molecular formula is C23H38. The highest BCUT2D eigenvalue weighted by molar-refractivity contribution is 5.33. The van der Waals surface area contributed by atoms with E-state index >= 15 is 0 Å². The highest BCUT2D eigenvalue weighted by Gasteiger charge is 2.22. The molecule has 1 aliphatic carbocycles. The lowest BCUT2D eigenvalue weighted by atomic mass is 9.76. The Balaban J connectivity index is 1.82. The van der Waals surface area contributed by atoms with Gasteiger partial charge in [-0.3, -0.25) is 0 Å². The molecule has 0 saturated heterocycles. The molecule has 0 spiro atoms. The summed E-state index contributed by atoms with van der Waals surface area (Å²) in [6, 6.07) is 7.37. The van der Waals surface area contributed by atoms with Crippen molar-refractivity contribution in [1.29, 1.82) is 0 Å². The van der Waals surface area contributed by atoms with Crippen molar-refractivity contribution >= 4 is 0 Å². The van der Waals surface area contributed by atoms with Gasteiger partial charge in [0.1, 0.15) is 0 Å². The highest BCUT2D eigenvalue weighted by Crippen LogP contribution is 2.38. The number of unbranched alkanes of at least 4 members (excludes halogenated alkanes) is 4. The maximum atomic E-state index is 2.50. The third-order valence-electron chi connectivity index (χ3n) is 5.95. The molecule has 0 heteroatoms. The maximum Gasteiger partial charge on any atom is -0.0162 e. The zero-order chi connectivity index (χ0) is 16.5. The molecule has 0 nitrogen and oxygen atoms in total. The molecule has 0 aliphatic heterocycles. The second-order valence-corrected chi connectivity index (χ2v) is 7.86. The van der Waals surface area contributed by atoms with E-state index in [4.69, 9.17) is 0 Å². The van der Waals surface area contributed by atoms with E-state index in [2.05, 4.69) is 39.0 Å². The van der Waals surface area contributed by atoms with Gasteiger partial charge in [0.25, 0.3) is 0 Å². The summed E-state index contributed by atoms with van der Waals surface area (Å²) in [7, 11) is 0. The normalized spacial score (nSPS) is 21.5. The van der Waals surface area contributed by atoms with E-state index in [0.717, 1.165) is 11.8 Å². The van der Waals surface area contributed by atoms with Gasteiger partial charge in [0.05, 0.1) is 0 Å². The van der Waals surface area contributed by atoms with Crippen LogP contribution in [0.3, 0.4) is 0 Å². The standard InChI is InChI=1S/C23H38/c1-4-6-8-10-20-12-14-22(15-13-20)23-17-16-21(19(3)18-23)11-9-7-5-2/h16-18,20,22H,4-15H2,1-3H3/t20-,22-. The molecule has 0 radical (unpaired) electrons. The van der Waals surface area contributed by atoms with E-state index < -0.39 is 0 Å². The number of rotatable bonds is 9. The van der Waals surface area contributed by atoms with Crippen LogP contribution < -0.4 is 0 Å². The van der Waals surface area contributed by atoms with E-state index in [9.17, 15) is 0 Å². The van der Waals surface area contributed by atoms with Gasteiger partial charge < -0.3 is 0 Å². The molecule has 130 valence electrons. The van der Waals surface area contributed by atoms with Crippen molar-refractivity contribution < 1.29 is 0 Å². The van der Waals surface area contributed by atoms with Crippen LogP contribution in [0.4, 0.5) is 0 Å². The Morgan fingerprint density at radius 1 is 0.870 bits per heavy atom. The van der Waals surface area contributed by atoms with Crippen LogP contribution in [0.25, 0.3) is 0 Å². The Labute approximate surface area is 145 Å². The highest BCUT2D eigenvalue weighted by atomic mass is 14.3. The molecule has 1 fully saturated rings. The van der Waals surface area contributed by atoms with Gasteiger partial charge in [-0.1, -0.05) is 70.6 Å². The zero-order valence-electron chi connectivity index (χ0n) is 15.9. The summed E-state index contributed by atoms with van der Waals surface area (Å²) in [5, 5.41) is 0. The lowest BCUT2D eigenvalue weighted by Gasteiger charge is -2.29. The summed E-state index contributed by atoms with van der Waals surface area (Å²) in [4.78, 5) is 0. The fourth-order valence-electron chi connectivity index (χ4n) is 4.29. The molecule has 0 heterocycles. The van der Waals surface area contributed by atoms with Gasteiger partial charge in [-0.25, -0.2) is 0 Å². The van der Waals surface area contributed by atoms with Crippen LogP contribution in [0, 0.1) is 12.8 Å². The third-order valence-corrected chi connectivity index (χ3v) is 5.95. The third kappa shape index (κ3) is 5.98. The maximum absolute atomic E-state index is 2.50. The summed E-state index contributed by atoms with van der Waals surface area (Å²) >= 11 is 0. The molecule has 0 amide bonds. The number of hydrogen-bond acceptors (Lipinski definition) is 0. The molecule has 1 saturated carbocycles. The Hall–Kier alpha value is -0.780. The Morgan fingerprint density at radius 3 is 2.22 bits per heavy atom. The van der Waals surface area contributed by atoms with E-state index in [1.165, 1.54) is 82.6 Å². The number of hydrogen-bond donors (Lipinski definition) is 0. The summed E-state index contributed by atoms with van der Waals surface area (Å²) < 4.78 is 0. The molecule has 1 aromatic rings. The summed E-state index contributed by atoms with van der Waals surface area (Å²) in [5.41, 5.74) is 4.73. The average Bonchev–Trinajstić information content (AvgIpc) is 2.57. The molecule has 1 aliphatic rings. The van der Waals surface area contributed by atoms with Crippen molar-refractivity contribution in [2.75, 3.05) is 0 Å². The van der Waals surface area contributed by atoms with Crippen LogP contribution in [0.2, 0.25) is 0 Å². The molecular weight excluding hydrogens is 276 g/mol. The summed E-state index contributed by atoms with van der Waals surface area (Å²) in [5.74, 6) is 1.85. The van der Waals surface area contributed by atoms with Crippen LogP contribution in [-0.4, -0.2) is 0 Å². The van der Waals surface area contributed by atoms with Crippen LogP contribution >= 0.6 is 0 Å². The van der Waals surface area contributed by atoms with E-state index in [-0.39, 0.29) is 0 Å². The minimum atomic E-state index is 0.834. The quantitative estimate of drug-likeness (QED) is 0.412. The van der Waals surface area contributed by atoms with Gasteiger partial charge in [0.15, 0.2) is 0 Å². The van der Waals surface area contributed by atoms with Crippen molar-refractivity contribution in [3.63, 3.8) is 0 Å². The first-order valence-electron chi connectivity index (χ1n) is 10.3. The van der Waals surface area contributed by atoms with Gasteiger partial charge in [-0.2, -0.15) is 0 Å². The van der Waals surface area contributed by atoms with Gasteiger partial charge >= 0.3 is 0 Å². The monoisotopic (exact) mass is 314 g/mol. The van der Waals surface area contributed by atoms with Crippen molar-refractivity contribution in [2.24, 2.45) is 5.92 Å². The molecule has 2 rings (SSSR count). The fourth-order valence-corrected chi connectivity index (χ4v) is 4.29. The average molecular weight is 315 g/mol. The van der Waals surface area contributed by atoms with E-state index in [0.29, 0.717) is 0 Å². The van der Waals surface area contributed by atoms with Crippen LogP contribution in [0.1, 0.15) is 107 Å². The molecule has 23 heavy (non-hydrogen) atoms. The van der Waals surface area contributed by atoms with Gasteiger partial charge in [0.2, 0.25) is 0 Å². The van der Waals surface area contributed by atoms with Crippen molar-refractivity contribution in [3.8, 4) is 0 Å². The van der Waals surface area contributed by atoms with Crippen LogP contribution in [0.15, 0.2) is 18.2 Å². The minimum absolute atomic E-state index is 0.834. The Kier molecular flexibility index (Phi) is 8.20. The first-order chi connectivity index (χ1) is 11.2. The SMILES string of the molecule is CCCCCc1ccc([C@H]2CC[C@H](CCCCC)CC2)cc1C. The Morgan fingerprint density at radius 2 is 1.57 bits per heavy atom. The van der Waals surface area contributed by atoms with Gasteiger partial charge in [-0.15, -0.1) is 0 Å². The van der Waals surface area contributed by atoms with Crippen molar-refractivity contribution in [3.05, 3.63) is 34.9 Å². The molecule has 0 aromatic heterocycles. The molecule has 1 aromatic carbocycles. The first-order valence-corrected chi connectivity index (χ1v) is 10.3. The predicted octanol–water partition coefficient (Wildman–Crippen LogP) is 7.58. The van der Waals surface area contributed by atoms with Crippen LogP contribution in [0.5, 0.6) is 0 Å². The smallest absolute Gasteiger partial charge is 0.0162 e. The second-order valence-electron chi connectivity index (χ2n) is 7.86. The molecule has 0 unspecified atom stereocenters. The number of benzene rings is 1. The molecule has 0 atom stereocenters. The lowest BCUT2D eigenvalue weighted by molar-refractivity contribution is 0.302. The van der Waals surface area contributed by atoms with Crippen LogP contribution in [-0.2, 0) is 6.42 Å². The largest absolute Gasteiger partial charge is 0.0654 e. The van der Waals surface area contributed by atoms with Crippen molar-refractivity contribution in [1.82, 2.24) is 0 Å². The topological polar surface area (TPSA) is 0 Å². The van der Waals surface area contributed by atoms with Gasteiger partial charge in [-0.05, 0) is 74.0 Å². The molecule has 0 N–H and O–H groups in total. The predicted molar refractivity (Wildman–Crippen MR) is 103 cm³/mol. The minimum Gasteiger partial charge on any atom is -0.0654 e. The first kappa shape index (κ1) is 18.6. The number of aryl methyl sites for hydroxylation is 2. The second kappa shape index (κ2) is 10.2. The Bertz CT molecular complexity index is 437. The van der Waals surface area contributed by atoms with E-state index in [1.807, 2.05) is 0 Å². The van der Waals surface area contributed by atoms with Crippen molar-refractivity contribution in [2.45, 2.75) is 104 Å². The molecule has 0 bridgehead atoms. The summed E-state index contributed by atoms with van der Waals surface area (Å²) in [6.07, 6.45) is 16.8. The fraction of sp³-hybridized carbons (Fsp3) is 0.739. The summed E-state index contributed by atoms with van der Waals surface area (Å²) in [6.45, 7) is 6.92.